The maximum atomic E-state index is 13.1. The fraction of sp³-hybridized carbons (Fsp3) is 0.353. The van der Waals surface area contributed by atoms with Gasteiger partial charge in [0.25, 0.3) is 5.56 Å². The van der Waals surface area contributed by atoms with E-state index in [0.29, 0.717) is 0 Å². The zero-order chi connectivity index (χ0) is 22.9. The average molecular weight is 456 g/mol. The van der Waals surface area contributed by atoms with Gasteiger partial charge in [0.05, 0.1) is 5.75 Å². The van der Waals surface area contributed by atoms with E-state index >= 15 is 0 Å². The first-order valence-corrected chi connectivity index (χ1v) is 10.4. The molecular formula is C17H15F3N6O4S. The smallest absolute Gasteiger partial charge is 0.312 e. The molecule has 4 rings (SSSR count). The molecule has 31 heavy (non-hydrogen) atoms. The summed E-state index contributed by atoms with van der Waals surface area (Å²) in [7, 11) is -0.153. The Balaban J connectivity index is 1.72. The molecule has 0 saturated carbocycles. The van der Waals surface area contributed by atoms with Crippen molar-refractivity contribution < 1.29 is 21.6 Å². The number of hydrogen-bond donors (Lipinski definition) is 0. The molecule has 0 spiro atoms. The van der Waals surface area contributed by atoms with E-state index in [4.69, 9.17) is 0 Å². The highest BCUT2D eigenvalue weighted by Crippen LogP contribution is 2.52. The maximum absolute atomic E-state index is 13.1. The lowest BCUT2D eigenvalue weighted by molar-refractivity contribution is -0.166. The van der Waals surface area contributed by atoms with Crippen LogP contribution >= 0.6 is 0 Å². The van der Waals surface area contributed by atoms with Crippen molar-refractivity contribution in [2.45, 2.75) is 22.7 Å². The first-order chi connectivity index (χ1) is 14.3. The van der Waals surface area contributed by atoms with Gasteiger partial charge in [-0.15, -0.1) is 10.2 Å². The summed E-state index contributed by atoms with van der Waals surface area (Å²) in [4.78, 5) is 28.5. The van der Waals surface area contributed by atoms with Gasteiger partial charge in [-0.2, -0.15) is 18.2 Å². The molecule has 0 aliphatic carbocycles. The zero-order valence-corrected chi connectivity index (χ0v) is 17.2. The van der Waals surface area contributed by atoms with Crippen LogP contribution in [0.1, 0.15) is 11.1 Å². The van der Waals surface area contributed by atoms with Gasteiger partial charge in [-0.05, 0) is 5.56 Å². The average Bonchev–Trinajstić information content (AvgIpc) is 3.43. The topological polar surface area (TPSA) is 121 Å². The third kappa shape index (κ3) is 3.00. The van der Waals surface area contributed by atoms with Crippen LogP contribution in [0.2, 0.25) is 0 Å². The monoisotopic (exact) mass is 456 g/mol. The molecule has 14 heteroatoms. The van der Waals surface area contributed by atoms with Gasteiger partial charge in [0.15, 0.2) is 11.2 Å². The summed E-state index contributed by atoms with van der Waals surface area (Å²) in [5.41, 5.74) is -4.13. The molecule has 0 fully saturated rings. The highest BCUT2D eigenvalue weighted by molar-refractivity contribution is 7.90. The number of benzene rings is 1. The van der Waals surface area contributed by atoms with Crippen LogP contribution in [0.5, 0.6) is 0 Å². The highest BCUT2D eigenvalue weighted by Gasteiger charge is 2.65. The first kappa shape index (κ1) is 21.0. The van der Waals surface area contributed by atoms with E-state index in [1.54, 1.807) is 0 Å². The Morgan fingerprint density at radius 2 is 1.55 bits per heavy atom. The van der Waals surface area contributed by atoms with Crippen LogP contribution in [0.15, 0.2) is 49.2 Å². The number of alkyl halides is 3. The van der Waals surface area contributed by atoms with Crippen molar-refractivity contribution in [3.63, 3.8) is 0 Å². The number of halogens is 3. The first-order valence-electron chi connectivity index (χ1n) is 8.75. The summed E-state index contributed by atoms with van der Waals surface area (Å²) in [6.07, 6.45) is -4.68. The second-order valence-corrected chi connectivity index (χ2v) is 9.04. The standard InChI is InChI=1S/C17H15F3N6O4S/c1-24-11-12(25(2)15(28)26(3)13(11)27)21-14(24)31(29,30)8-9-4-6-10(7-5-9)16(22-23-16)17(18,19)20/h4-7H,8H2,1-3H3. The lowest BCUT2D eigenvalue weighted by Crippen LogP contribution is -2.37. The van der Waals surface area contributed by atoms with Gasteiger partial charge in [0, 0.05) is 26.7 Å². The molecule has 164 valence electrons. The molecule has 10 nitrogen and oxygen atoms in total. The minimum Gasteiger partial charge on any atom is -0.312 e. The van der Waals surface area contributed by atoms with Gasteiger partial charge in [-0.25, -0.2) is 13.2 Å². The van der Waals surface area contributed by atoms with Gasteiger partial charge in [0.2, 0.25) is 15.0 Å². The van der Waals surface area contributed by atoms with E-state index in [2.05, 4.69) is 15.2 Å². The Labute approximate surface area is 172 Å². The van der Waals surface area contributed by atoms with Crippen molar-refractivity contribution in [2.75, 3.05) is 0 Å². The number of imidazole rings is 1. The van der Waals surface area contributed by atoms with Gasteiger partial charge in [0.1, 0.15) is 0 Å². The predicted octanol–water partition coefficient (Wildman–Crippen LogP) is 1.13. The van der Waals surface area contributed by atoms with Crippen molar-refractivity contribution in [3.8, 4) is 0 Å². The fourth-order valence-corrected chi connectivity index (χ4v) is 4.83. The SMILES string of the molecule is Cn1c(=O)c2c(nc(S(=O)(=O)Cc3ccc(C4(C(F)(F)F)N=N4)cc3)n2C)n(C)c1=O. The molecule has 0 radical (unpaired) electrons. The lowest BCUT2D eigenvalue weighted by Gasteiger charge is -2.15. The zero-order valence-electron chi connectivity index (χ0n) is 16.4. The second kappa shape index (κ2) is 6.35. The highest BCUT2D eigenvalue weighted by atomic mass is 32.2. The summed E-state index contributed by atoms with van der Waals surface area (Å²) in [5.74, 6) is -0.577. The van der Waals surface area contributed by atoms with Crippen molar-refractivity contribution >= 4 is 21.0 Å². The second-order valence-electron chi connectivity index (χ2n) is 7.16. The van der Waals surface area contributed by atoms with Crippen LogP contribution in [0.25, 0.3) is 11.2 Å². The van der Waals surface area contributed by atoms with Gasteiger partial charge < -0.3 is 4.57 Å². The normalized spacial score (nSPS) is 15.5. The minimum absolute atomic E-state index is 0.0670. The summed E-state index contributed by atoms with van der Waals surface area (Å²) >= 11 is 0. The van der Waals surface area contributed by atoms with Crippen molar-refractivity contribution in [3.05, 3.63) is 56.2 Å². The Bertz CT molecular complexity index is 1470. The van der Waals surface area contributed by atoms with Crippen LogP contribution in [-0.2, 0) is 42.4 Å². The number of nitrogens with zero attached hydrogens (tertiary/aromatic N) is 6. The molecular weight excluding hydrogens is 441 g/mol. The lowest BCUT2D eigenvalue weighted by atomic mass is 10.0. The van der Waals surface area contributed by atoms with E-state index < -0.39 is 43.8 Å². The van der Waals surface area contributed by atoms with Crippen LogP contribution in [0.4, 0.5) is 13.2 Å². The van der Waals surface area contributed by atoms with Crippen LogP contribution < -0.4 is 11.2 Å². The van der Waals surface area contributed by atoms with Gasteiger partial charge >= 0.3 is 17.5 Å². The fourth-order valence-electron chi connectivity index (χ4n) is 3.34. The molecule has 0 amide bonds. The van der Waals surface area contributed by atoms with Crippen molar-refractivity contribution in [1.82, 2.24) is 18.7 Å². The van der Waals surface area contributed by atoms with Gasteiger partial charge in [-0.3, -0.25) is 13.9 Å². The summed E-state index contributed by atoms with van der Waals surface area (Å²) < 4.78 is 68.2. The minimum atomic E-state index is -4.68. The van der Waals surface area contributed by atoms with Crippen LogP contribution in [0.3, 0.4) is 0 Å². The molecule has 0 saturated heterocycles. The molecule has 0 N–H and O–H groups in total. The number of aromatic nitrogens is 4. The number of sulfone groups is 1. The van der Waals surface area contributed by atoms with Crippen LogP contribution in [-0.4, -0.2) is 33.3 Å². The van der Waals surface area contributed by atoms with Crippen molar-refractivity contribution in [2.24, 2.45) is 31.4 Å². The predicted molar refractivity (Wildman–Crippen MR) is 101 cm³/mol. The number of hydrogen-bond acceptors (Lipinski definition) is 7. The van der Waals surface area contributed by atoms with E-state index in [9.17, 15) is 31.2 Å². The molecule has 1 aromatic carbocycles. The van der Waals surface area contributed by atoms with E-state index in [1.165, 1.54) is 33.3 Å². The number of rotatable bonds is 4. The largest absolute Gasteiger partial charge is 0.442 e. The molecule has 0 unspecified atom stereocenters. The third-order valence-corrected chi connectivity index (χ3v) is 6.76. The summed E-state index contributed by atoms with van der Waals surface area (Å²) in [6.45, 7) is 0. The van der Waals surface area contributed by atoms with Crippen LogP contribution in [0, 0.1) is 0 Å². The molecule has 0 bridgehead atoms. The third-order valence-electron chi connectivity index (χ3n) is 5.12. The Morgan fingerprint density at radius 1 is 0.968 bits per heavy atom. The molecule has 2 aromatic heterocycles. The number of fused-ring (bicyclic) bond motifs is 1. The Morgan fingerprint density at radius 3 is 2.06 bits per heavy atom. The molecule has 1 aliphatic rings. The van der Waals surface area contributed by atoms with E-state index in [1.807, 2.05) is 0 Å². The summed E-state index contributed by atoms with van der Waals surface area (Å²) in [5, 5.41) is 5.76. The molecule has 1 aliphatic heterocycles. The maximum Gasteiger partial charge on any atom is 0.442 e. The number of aryl methyl sites for hydroxylation is 2. The Hall–Kier alpha value is -3.29. The Kier molecular flexibility index (Phi) is 4.30. The quantitative estimate of drug-likeness (QED) is 0.583. The molecule has 3 heterocycles. The summed E-state index contributed by atoms with van der Waals surface area (Å²) in [6, 6.07) is 4.71. The van der Waals surface area contributed by atoms with E-state index in [0.717, 1.165) is 25.8 Å². The van der Waals surface area contributed by atoms with E-state index in [-0.39, 0.29) is 22.3 Å². The molecule has 3 aromatic rings. The van der Waals surface area contributed by atoms with Gasteiger partial charge in [-0.1, -0.05) is 24.3 Å². The molecule has 0 atom stereocenters. The van der Waals surface area contributed by atoms with Crippen molar-refractivity contribution in [1.29, 1.82) is 0 Å².